The molecule has 0 fully saturated rings. The molecule has 0 spiro atoms. The highest BCUT2D eigenvalue weighted by molar-refractivity contribution is 9.10. The summed E-state index contributed by atoms with van der Waals surface area (Å²) in [5.74, 6) is 0.550. The molecule has 0 saturated carbocycles. The zero-order valence-corrected chi connectivity index (χ0v) is 12.4. The molecule has 19 heavy (non-hydrogen) atoms. The molecule has 0 bridgehead atoms. The van der Waals surface area contributed by atoms with Gasteiger partial charge in [0.15, 0.2) is 0 Å². The van der Waals surface area contributed by atoms with Gasteiger partial charge in [0.25, 0.3) is 5.91 Å². The molecule has 0 aliphatic heterocycles. The second-order valence-electron chi connectivity index (χ2n) is 4.29. The summed E-state index contributed by atoms with van der Waals surface area (Å²) in [6.45, 7) is 5.36. The molecule has 1 aromatic carbocycles. The zero-order valence-electron chi connectivity index (χ0n) is 10.8. The number of aryl methyl sites for hydroxylation is 2. The summed E-state index contributed by atoms with van der Waals surface area (Å²) in [4.78, 5) is 12.2. The Bertz CT molecular complexity index is 649. The molecule has 0 aliphatic rings. The van der Waals surface area contributed by atoms with E-state index in [2.05, 4.69) is 21.2 Å². The fourth-order valence-electron chi connectivity index (χ4n) is 1.91. The van der Waals surface area contributed by atoms with E-state index >= 15 is 0 Å². The SMILES string of the molecule is Cc1oc(C)c(C(=O)Nc2cc(F)ccc2Br)c1C. The van der Waals surface area contributed by atoms with Crippen molar-refractivity contribution in [2.75, 3.05) is 5.32 Å². The minimum absolute atomic E-state index is 0.307. The molecule has 0 aliphatic carbocycles. The third-order valence-electron chi connectivity index (χ3n) is 2.97. The van der Waals surface area contributed by atoms with Gasteiger partial charge in [-0.25, -0.2) is 4.39 Å². The number of nitrogens with one attached hydrogen (secondary N) is 1. The van der Waals surface area contributed by atoms with E-state index < -0.39 is 5.82 Å². The first-order chi connectivity index (χ1) is 8.90. The monoisotopic (exact) mass is 325 g/mol. The van der Waals surface area contributed by atoms with E-state index in [1.54, 1.807) is 19.9 Å². The van der Waals surface area contributed by atoms with Crippen molar-refractivity contribution >= 4 is 27.5 Å². The quantitative estimate of drug-likeness (QED) is 0.891. The van der Waals surface area contributed by atoms with Gasteiger partial charge in [0.05, 0.1) is 11.3 Å². The van der Waals surface area contributed by atoms with Gasteiger partial charge in [-0.1, -0.05) is 0 Å². The summed E-state index contributed by atoms with van der Waals surface area (Å²) in [6, 6.07) is 4.13. The summed E-state index contributed by atoms with van der Waals surface area (Å²) in [5.41, 5.74) is 1.68. The van der Waals surface area contributed by atoms with Crippen molar-refractivity contribution in [2.45, 2.75) is 20.8 Å². The van der Waals surface area contributed by atoms with E-state index in [1.165, 1.54) is 12.1 Å². The van der Waals surface area contributed by atoms with Gasteiger partial charge in [-0.2, -0.15) is 0 Å². The summed E-state index contributed by atoms with van der Waals surface area (Å²) in [6.07, 6.45) is 0. The standard InChI is InChI=1S/C14H13BrFNO2/c1-7-8(2)19-9(3)13(7)14(18)17-12-6-10(16)4-5-11(12)15/h4-6H,1-3H3,(H,17,18). The molecule has 0 radical (unpaired) electrons. The minimum Gasteiger partial charge on any atom is -0.466 e. The van der Waals surface area contributed by atoms with Crippen molar-refractivity contribution in [3.8, 4) is 0 Å². The molecule has 0 atom stereocenters. The second-order valence-corrected chi connectivity index (χ2v) is 5.15. The van der Waals surface area contributed by atoms with Crippen molar-refractivity contribution in [1.29, 1.82) is 0 Å². The number of amides is 1. The molecule has 3 nitrogen and oxygen atoms in total. The van der Waals surface area contributed by atoms with Crippen molar-refractivity contribution in [3.63, 3.8) is 0 Å². The van der Waals surface area contributed by atoms with Crippen LogP contribution in [0.15, 0.2) is 27.1 Å². The minimum atomic E-state index is -0.407. The summed E-state index contributed by atoms with van der Waals surface area (Å²) >= 11 is 3.27. The highest BCUT2D eigenvalue weighted by Gasteiger charge is 2.19. The van der Waals surface area contributed by atoms with Gasteiger partial charge in [0, 0.05) is 10.0 Å². The third-order valence-corrected chi connectivity index (χ3v) is 3.66. The number of hydrogen-bond acceptors (Lipinski definition) is 2. The van der Waals surface area contributed by atoms with E-state index in [9.17, 15) is 9.18 Å². The maximum absolute atomic E-state index is 13.2. The molecular formula is C14H13BrFNO2. The van der Waals surface area contributed by atoms with Crippen LogP contribution in [0.3, 0.4) is 0 Å². The second kappa shape index (κ2) is 5.17. The first kappa shape index (κ1) is 13.8. The number of furan rings is 1. The average molecular weight is 326 g/mol. The van der Waals surface area contributed by atoms with Crippen LogP contribution in [0.4, 0.5) is 10.1 Å². The lowest BCUT2D eigenvalue weighted by atomic mass is 10.1. The molecule has 0 saturated heterocycles. The van der Waals surface area contributed by atoms with Crippen molar-refractivity contribution in [3.05, 3.63) is 51.1 Å². The molecule has 1 N–H and O–H groups in total. The predicted molar refractivity (Wildman–Crippen MR) is 75.0 cm³/mol. The molecule has 0 unspecified atom stereocenters. The van der Waals surface area contributed by atoms with Crippen molar-refractivity contribution in [1.82, 2.24) is 0 Å². The van der Waals surface area contributed by atoms with Gasteiger partial charge in [0.1, 0.15) is 17.3 Å². The Hall–Kier alpha value is -1.62. The van der Waals surface area contributed by atoms with Crippen LogP contribution in [0.25, 0.3) is 0 Å². The number of anilines is 1. The normalized spacial score (nSPS) is 10.6. The van der Waals surface area contributed by atoms with E-state index in [0.29, 0.717) is 27.2 Å². The maximum Gasteiger partial charge on any atom is 0.259 e. The van der Waals surface area contributed by atoms with Gasteiger partial charge in [-0.3, -0.25) is 4.79 Å². The van der Waals surface area contributed by atoms with Crippen LogP contribution in [0.2, 0.25) is 0 Å². The van der Waals surface area contributed by atoms with Gasteiger partial charge < -0.3 is 9.73 Å². The van der Waals surface area contributed by atoms with Crippen LogP contribution >= 0.6 is 15.9 Å². The first-order valence-corrected chi connectivity index (χ1v) is 6.52. The van der Waals surface area contributed by atoms with Crippen LogP contribution in [0.5, 0.6) is 0 Å². The number of hydrogen-bond donors (Lipinski definition) is 1. The Balaban J connectivity index is 2.33. The Kier molecular flexibility index (Phi) is 3.75. The fraction of sp³-hybridized carbons (Fsp3) is 0.214. The van der Waals surface area contributed by atoms with Gasteiger partial charge >= 0.3 is 0 Å². The lowest BCUT2D eigenvalue weighted by molar-refractivity contribution is 0.102. The Labute approximate surface area is 118 Å². The third kappa shape index (κ3) is 2.71. The Morgan fingerprint density at radius 3 is 2.53 bits per heavy atom. The van der Waals surface area contributed by atoms with E-state index in [0.717, 1.165) is 5.56 Å². The van der Waals surface area contributed by atoms with Gasteiger partial charge in [-0.05, 0) is 54.9 Å². The van der Waals surface area contributed by atoms with E-state index in [4.69, 9.17) is 4.42 Å². The Morgan fingerprint density at radius 2 is 1.95 bits per heavy atom. The lowest BCUT2D eigenvalue weighted by Crippen LogP contribution is -2.14. The van der Waals surface area contributed by atoms with E-state index in [1.807, 2.05) is 6.92 Å². The molecule has 2 aromatic rings. The topological polar surface area (TPSA) is 42.2 Å². The number of rotatable bonds is 2. The van der Waals surface area contributed by atoms with Gasteiger partial charge in [0.2, 0.25) is 0 Å². The largest absolute Gasteiger partial charge is 0.466 e. The molecule has 1 amide bonds. The number of benzene rings is 1. The van der Waals surface area contributed by atoms with Crippen molar-refractivity contribution in [2.24, 2.45) is 0 Å². The first-order valence-electron chi connectivity index (χ1n) is 5.73. The number of carbonyl (C=O) groups is 1. The van der Waals surface area contributed by atoms with Gasteiger partial charge in [-0.15, -0.1) is 0 Å². The maximum atomic E-state index is 13.2. The van der Waals surface area contributed by atoms with Crippen LogP contribution in [0, 0.1) is 26.6 Å². The zero-order chi connectivity index (χ0) is 14.2. The highest BCUT2D eigenvalue weighted by Crippen LogP contribution is 2.26. The summed E-state index contributed by atoms with van der Waals surface area (Å²) in [5, 5.41) is 2.68. The lowest BCUT2D eigenvalue weighted by Gasteiger charge is -2.07. The van der Waals surface area contributed by atoms with Crippen LogP contribution in [-0.4, -0.2) is 5.91 Å². The summed E-state index contributed by atoms with van der Waals surface area (Å²) < 4.78 is 19.2. The highest BCUT2D eigenvalue weighted by atomic mass is 79.9. The Morgan fingerprint density at radius 1 is 1.26 bits per heavy atom. The number of carbonyl (C=O) groups excluding carboxylic acids is 1. The predicted octanol–water partition coefficient (Wildman–Crippen LogP) is 4.36. The molecular weight excluding hydrogens is 313 g/mol. The smallest absolute Gasteiger partial charge is 0.259 e. The van der Waals surface area contributed by atoms with Crippen molar-refractivity contribution < 1.29 is 13.6 Å². The molecule has 1 heterocycles. The molecule has 2 rings (SSSR count). The number of halogens is 2. The van der Waals surface area contributed by atoms with Crippen LogP contribution in [0.1, 0.15) is 27.4 Å². The average Bonchev–Trinajstić information content (AvgIpc) is 2.58. The summed E-state index contributed by atoms with van der Waals surface area (Å²) in [7, 11) is 0. The van der Waals surface area contributed by atoms with Crippen LogP contribution < -0.4 is 5.32 Å². The fourth-order valence-corrected chi connectivity index (χ4v) is 2.25. The van der Waals surface area contributed by atoms with E-state index in [-0.39, 0.29) is 5.91 Å². The molecule has 100 valence electrons. The molecule has 1 aromatic heterocycles. The molecule has 5 heteroatoms. The van der Waals surface area contributed by atoms with Crippen LogP contribution in [-0.2, 0) is 0 Å².